The van der Waals surface area contributed by atoms with Crippen LogP contribution in [0.1, 0.15) is 17.4 Å². The number of nitrogens with zero attached hydrogens (tertiary/aromatic N) is 2. The van der Waals surface area contributed by atoms with Crippen molar-refractivity contribution >= 4 is 22.4 Å². The fourth-order valence-electron chi connectivity index (χ4n) is 2.08. The number of Topliss-reactive ketones (excluding diaryl/α,β-unsaturated/α-hetero) is 1. The van der Waals surface area contributed by atoms with Crippen LogP contribution in [0.15, 0.2) is 36.7 Å². The highest BCUT2D eigenvalue weighted by Gasteiger charge is 2.11. The molecule has 5 nitrogen and oxygen atoms in total. The summed E-state index contributed by atoms with van der Waals surface area (Å²) < 4.78 is 0. The second-order valence-electron chi connectivity index (χ2n) is 4.40. The molecule has 0 bridgehead atoms. The Hall–Kier alpha value is -2.69. The number of rotatable bonds is 2. The topological polar surface area (TPSA) is 84.7 Å². The van der Waals surface area contributed by atoms with Crippen LogP contribution < -0.4 is 5.73 Å². The van der Waals surface area contributed by atoms with Crippen LogP contribution in [0.25, 0.3) is 22.0 Å². The molecule has 5 heteroatoms. The number of aromatic amines is 1. The Bertz CT molecular complexity index is 776. The minimum atomic E-state index is -0.0610. The Labute approximate surface area is 109 Å². The standard InChI is InChI=1S/C14H12N4O/c1-8(19)14-12-5-9(2-3-13(12)17-18-14)10-4-11(15)7-16-6-10/h2-7H,15H2,1H3,(H,17,18). The molecule has 0 radical (unpaired) electrons. The molecule has 0 saturated carbocycles. The number of nitrogens with two attached hydrogens (primary N) is 1. The van der Waals surface area contributed by atoms with Crippen molar-refractivity contribution in [1.29, 1.82) is 0 Å². The van der Waals surface area contributed by atoms with E-state index >= 15 is 0 Å². The third kappa shape index (κ3) is 1.95. The number of fused-ring (bicyclic) bond motifs is 1. The van der Waals surface area contributed by atoms with Gasteiger partial charge in [-0.15, -0.1) is 0 Å². The van der Waals surface area contributed by atoms with Gasteiger partial charge in [-0.05, 0) is 23.8 Å². The van der Waals surface area contributed by atoms with Crippen LogP contribution in [-0.4, -0.2) is 21.0 Å². The Balaban J connectivity index is 2.20. The van der Waals surface area contributed by atoms with Crippen molar-refractivity contribution in [2.75, 3.05) is 5.73 Å². The number of hydrogen-bond acceptors (Lipinski definition) is 4. The summed E-state index contributed by atoms with van der Waals surface area (Å²) in [6, 6.07) is 7.61. The first-order chi connectivity index (χ1) is 9.15. The maximum atomic E-state index is 11.5. The van der Waals surface area contributed by atoms with E-state index in [1.807, 2.05) is 24.3 Å². The highest BCUT2D eigenvalue weighted by molar-refractivity contribution is 6.05. The highest BCUT2D eigenvalue weighted by Crippen LogP contribution is 2.26. The zero-order chi connectivity index (χ0) is 13.4. The number of nitrogen functional groups attached to an aromatic ring is 1. The molecule has 19 heavy (non-hydrogen) atoms. The first-order valence-electron chi connectivity index (χ1n) is 5.85. The SMILES string of the molecule is CC(=O)c1n[nH]c2ccc(-c3cncc(N)c3)cc12. The molecule has 0 aliphatic heterocycles. The van der Waals surface area contributed by atoms with Crippen molar-refractivity contribution in [3.05, 3.63) is 42.4 Å². The summed E-state index contributed by atoms with van der Waals surface area (Å²) in [5, 5.41) is 7.69. The van der Waals surface area contributed by atoms with Gasteiger partial charge in [0.05, 0.1) is 11.2 Å². The van der Waals surface area contributed by atoms with Crippen molar-refractivity contribution in [2.45, 2.75) is 6.92 Å². The van der Waals surface area contributed by atoms with Crippen LogP contribution in [-0.2, 0) is 0 Å². The number of benzene rings is 1. The maximum absolute atomic E-state index is 11.5. The summed E-state index contributed by atoms with van der Waals surface area (Å²) in [5.74, 6) is -0.0610. The fraction of sp³-hybridized carbons (Fsp3) is 0.0714. The first kappa shape index (κ1) is 11.4. The number of pyridine rings is 1. The van der Waals surface area contributed by atoms with E-state index in [0.717, 1.165) is 22.0 Å². The third-order valence-electron chi connectivity index (χ3n) is 2.99. The van der Waals surface area contributed by atoms with Crippen LogP contribution in [0.5, 0.6) is 0 Å². The van der Waals surface area contributed by atoms with Crippen LogP contribution >= 0.6 is 0 Å². The summed E-state index contributed by atoms with van der Waals surface area (Å²) in [5.41, 5.74) is 9.50. The summed E-state index contributed by atoms with van der Waals surface area (Å²) in [4.78, 5) is 15.6. The van der Waals surface area contributed by atoms with Crippen molar-refractivity contribution < 1.29 is 4.79 Å². The van der Waals surface area contributed by atoms with Gasteiger partial charge in [-0.2, -0.15) is 5.10 Å². The van der Waals surface area contributed by atoms with Crippen LogP contribution in [0, 0.1) is 0 Å². The Morgan fingerprint density at radius 1 is 1.21 bits per heavy atom. The van der Waals surface area contributed by atoms with Crippen molar-refractivity contribution in [1.82, 2.24) is 15.2 Å². The molecule has 0 spiro atoms. The van der Waals surface area contributed by atoms with Crippen molar-refractivity contribution in [3.63, 3.8) is 0 Å². The predicted octanol–water partition coefficient (Wildman–Crippen LogP) is 2.41. The molecule has 0 saturated heterocycles. The quantitative estimate of drug-likeness (QED) is 0.686. The number of aromatic nitrogens is 3. The van der Waals surface area contributed by atoms with Crippen LogP contribution in [0.4, 0.5) is 5.69 Å². The molecule has 0 aliphatic rings. The van der Waals surface area contributed by atoms with Gasteiger partial charge in [-0.1, -0.05) is 6.07 Å². The summed E-state index contributed by atoms with van der Waals surface area (Å²) in [7, 11) is 0. The fourth-order valence-corrected chi connectivity index (χ4v) is 2.08. The van der Waals surface area contributed by atoms with Gasteiger partial charge in [-0.25, -0.2) is 0 Å². The number of anilines is 1. The molecule has 0 amide bonds. The zero-order valence-corrected chi connectivity index (χ0v) is 10.3. The van der Waals surface area contributed by atoms with E-state index in [2.05, 4.69) is 15.2 Å². The smallest absolute Gasteiger partial charge is 0.180 e. The van der Waals surface area contributed by atoms with E-state index in [0.29, 0.717) is 11.4 Å². The van der Waals surface area contributed by atoms with E-state index in [1.165, 1.54) is 6.92 Å². The third-order valence-corrected chi connectivity index (χ3v) is 2.99. The average molecular weight is 252 g/mol. The number of hydrogen-bond donors (Lipinski definition) is 2. The number of carbonyl (C=O) groups is 1. The van der Waals surface area contributed by atoms with Gasteiger partial charge in [0.2, 0.25) is 0 Å². The number of nitrogens with one attached hydrogen (secondary N) is 1. The average Bonchev–Trinajstić information content (AvgIpc) is 2.81. The minimum absolute atomic E-state index is 0.0610. The van der Waals surface area contributed by atoms with Crippen molar-refractivity contribution in [2.24, 2.45) is 0 Å². The molecule has 2 heterocycles. The molecule has 0 unspecified atom stereocenters. The Morgan fingerprint density at radius 2 is 2.05 bits per heavy atom. The lowest BCUT2D eigenvalue weighted by atomic mass is 10.0. The Morgan fingerprint density at radius 3 is 2.79 bits per heavy atom. The van der Waals surface area contributed by atoms with E-state index < -0.39 is 0 Å². The van der Waals surface area contributed by atoms with Crippen LogP contribution in [0.2, 0.25) is 0 Å². The Kier molecular flexibility index (Phi) is 2.52. The normalized spacial score (nSPS) is 10.8. The summed E-state index contributed by atoms with van der Waals surface area (Å²) in [6.45, 7) is 1.50. The van der Waals surface area contributed by atoms with Gasteiger partial charge in [0.1, 0.15) is 5.69 Å². The number of H-pyrrole nitrogens is 1. The molecule has 3 aromatic rings. The van der Waals surface area contributed by atoms with Gasteiger partial charge in [0.25, 0.3) is 0 Å². The second-order valence-corrected chi connectivity index (χ2v) is 4.40. The highest BCUT2D eigenvalue weighted by atomic mass is 16.1. The molecular formula is C14H12N4O. The van der Waals surface area contributed by atoms with Gasteiger partial charge >= 0.3 is 0 Å². The molecule has 3 rings (SSSR count). The van der Waals surface area contributed by atoms with Gasteiger partial charge in [0.15, 0.2) is 5.78 Å². The molecule has 0 fully saturated rings. The van der Waals surface area contributed by atoms with E-state index in [4.69, 9.17) is 5.73 Å². The number of carbonyl (C=O) groups excluding carboxylic acids is 1. The van der Waals surface area contributed by atoms with E-state index in [1.54, 1.807) is 12.4 Å². The largest absolute Gasteiger partial charge is 0.397 e. The summed E-state index contributed by atoms with van der Waals surface area (Å²) in [6.07, 6.45) is 3.34. The minimum Gasteiger partial charge on any atom is -0.397 e. The second kappa shape index (κ2) is 4.20. The van der Waals surface area contributed by atoms with Gasteiger partial charge in [-0.3, -0.25) is 14.9 Å². The molecular weight excluding hydrogens is 240 g/mol. The van der Waals surface area contributed by atoms with E-state index in [9.17, 15) is 4.79 Å². The van der Waals surface area contributed by atoms with Gasteiger partial charge in [0, 0.05) is 30.3 Å². The van der Waals surface area contributed by atoms with Gasteiger partial charge < -0.3 is 5.73 Å². The lowest BCUT2D eigenvalue weighted by Crippen LogP contribution is -1.92. The van der Waals surface area contributed by atoms with E-state index in [-0.39, 0.29) is 5.78 Å². The lowest BCUT2D eigenvalue weighted by Gasteiger charge is -2.02. The predicted molar refractivity (Wildman–Crippen MR) is 73.7 cm³/mol. The molecule has 1 aromatic carbocycles. The molecule has 94 valence electrons. The summed E-state index contributed by atoms with van der Waals surface area (Å²) >= 11 is 0. The molecule has 0 aliphatic carbocycles. The lowest BCUT2D eigenvalue weighted by molar-refractivity contribution is 0.101. The monoisotopic (exact) mass is 252 g/mol. The maximum Gasteiger partial charge on any atom is 0.180 e. The molecule has 0 atom stereocenters. The molecule has 3 N–H and O–H groups in total. The van der Waals surface area contributed by atoms with Crippen LogP contribution in [0.3, 0.4) is 0 Å². The van der Waals surface area contributed by atoms with Crippen molar-refractivity contribution in [3.8, 4) is 11.1 Å². The number of ketones is 1. The first-order valence-corrected chi connectivity index (χ1v) is 5.85. The zero-order valence-electron chi connectivity index (χ0n) is 10.3. The molecule has 2 aromatic heterocycles.